The molecule has 0 heterocycles. The summed E-state index contributed by atoms with van der Waals surface area (Å²) in [6, 6.07) is 4.17. The van der Waals surface area contributed by atoms with Gasteiger partial charge in [-0.25, -0.2) is 8.42 Å². The molecule has 1 aromatic carbocycles. The van der Waals surface area contributed by atoms with E-state index < -0.39 is 21.7 Å². The Morgan fingerprint density at radius 1 is 1.27 bits per heavy atom. The zero-order valence-electron chi connectivity index (χ0n) is 11.9. The molecule has 120 valence electrons. The van der Waals surface area contributed by atoms with Crippen LogP contribution >= 0.6 is 11.6 Å². The molecule has 6 nitrogen and oxygen atoms in total. The number of nitrogens with one attached hydrogen (secondary N) is 1. The molecule has 0 aromatic heterocycles. The lowest BCUT2D eigenvalue weighted by Gasteiger charge is -2.12. The van der Waals surface area contributed by atoms with Gasteiger partial charge in [0.05, 0.1) is 15.8 Å². The maximum Gasteiger partial charge on any atom is 0.306 e. The van der Waals surface area contributed by atoms with E-state index in [0.717, 1.165) is 6.26 Å². The van der Waals surface area contributed by atoms with Crippen molar-refractivity contribution in [1.29, 1.82) is 0 Å². The molecule has 1 aliphatic rings. The summed E-state index contributed by atoms with van der Waals surface area (Å²) in [4.78, 5) is 23.0. The molecule has 0 bridgehead atoms. The number of benzene rings is 1. The summed E-state index contributed by atoms with van der Waals surface area (Å²) in [5.41, 5.74) is 0.390. The minimum absolute atomic E-state index is 0.000951. The van der Waals surface area contributed by atoms with Crippen LogP contribution in [0.15, 0.2) is 23.1 Å². The Morgan fingerprint density at radius 2 is 1.91 bits per heavy atom. The number of carbonyl (C=O) groups is 2. The minimum atomic E-state index is -3.42. The molecule has 0 spiro atoms. The lowest BCUT2D eigenvalue weighted by molar-refractivity contribution is -0.141. The highest BCUT2D eigenvalue weighted by Gasteiger charge is 2.33. The summed E-state index contributed by atoms with van der Waals surface area (Å²) in [6.45, 7) is 0. The summed E-state index contributed by atoms with van der Waals surface area (Å²) >= 11 is 5.91. The Kier molecular flexibility index (Phi) is 4.77. The number of carboxylic acids is 1. The molecule has 1 aliphatic carbocycles. The number of anilines is 1. The smallest absolute Gasteiger partial charge is 0.306 e. The molecule has 0 unspecified atom stereocenters. The van der Waals surface area contributed by atoms with Gasteiger partial charge >= 0.3 is 5.97 Å². The Bertz CT molecular complexity index is 716. The van der Waals surface area contributed by atoms with Crippen LogP contribution in [0.25, 0.3) is 0 Å². The van der Waals surface area contributed by atoms with Crippen LogP contribution in [0.4, 0.5) is 5.69 Å². The highest BCUT2D eigenvalue weighted by Crippen LogP contribution is 2.32. The fourth-order valence-corrected chi connectivity index (χ4v) is 3.90. The van der Waals surface area contributed by atoms with Crippen LogP contribution in [0.3, 0.4) is 0 Å². The van der Waals surface area contributed by atoms with Crippen molar-refractivity contribution in [1.82, 2.24) is 0 Å². The van der Waals surface area contributed by atoms with E-state index in [2.05, 4.69) is 5.32 Å². The predicted molar refractivity (Wildman–Crippen MR) is 81.7 cm³/mol. The Hall–Kier alpha value is -1.60. The van der Waals surface area contributed by atoms with Gasteiger partial charge in [0.15, 0.2) is 9.84 Å². The molecule has 1 aromatic rings. The summed E-state index contributed by atoms with van der Waals surface area (Å²) < 4.78 is 22.9. The summed E-state index contributed by atoms with van der Waals surface area (Å²) in [7, 11) is -3.42. The number of hydrogen-bond donors (Lipinski definition) is 2. The van der Waals surface area contributed by atoms with Gasteiger partial charge in [0.25, 0.3) is 0 Å². The molecule has 22 heavy (non-hydrogen) atoms. The van der Waals surface area contributed by atoms with Crippen molar-refractivity contribution in [2.24, 2.45) is 11.8 Å². The SMILES string of the molecule is CS(=O)(=O)c1ccc(NC(=O)[C@@H]2CC[C@H](C(=O)O)C2)cc1Cl. The van der Waals surface area contributed by atoms with Gasteiger partial charge in [-0.05, 0) is 37.5 Å². The fourth-order valence-electron chi connectivity index (χ4n) is 2.57. The molecule has 2 rings (SSSR count). The van der Waals surface area contributed by atoms with Crippen molar-refractivity contribution in [2.75, 3.05) is 11.6 Å². The average Bonchev–Trinajstić information content (AvgIpc) is 2.86. The Morgan fingerprint density at radius 3 is 2.41 bits per heavy atom. The lowest BCUT2D eigenvalue weighted by atomic mass is 10.0. The van der Waals surface area contributed by atoms with Gasteiger partial charge < -0.3 is 10.4 Å². The molecular weight excluding hydrogens is 330 g/mol. The number of amides is 1. The van der Waals surface area contributed by atoms with Gasteiger partial charge in [0.2, 0.25) is 5.91 Å². The molecule has 2 N–H and O–H groups in total. The van der Waals surface area contributed by atoms with E-state index in [4.69, 9.17) is 16.7 Å². The Labute approximate surface area is 133 Å². The van der Waals surface area contributed by atoms with E-state index in [1.54, 1.807) is 0 Å². The first-order valence-corrected chi connectivity index (χ1v) is 8.98. The number of aliphatic carboxylic acids is 1. The zero-order valence-corrected chi connectivity index (χ0v) is 13.4. The highest BCUT2D eigenvalue weighted by molar-refractivity contribution is 7.90. The van der Waals surface area contributed by atoms with E-state index in [-0.39, 0.29) is 21.7 Å². The highest BCUT2D eigenvalue weighted by atomic mass is 35.5. The fraction of sp³-hybridized carbons (Fsp3) is 0.429. The summed E-state index contributed by atoms with van der Waals surface area (Å²) in [5.74, 6) is -1.98. The molecule has 0 saturated heterocycles. The van der Waals surface area contributed by atoms with Crippen LogP contribution < -0.4 is 5.32 Å². The molecule has 0 aliphatic heterocycles. The number of sulfone groups is 1. The van der Waals surface area contributed by atoms with Crippen LogP contribution in [0.1, 0.15) is 19.3 Å². The summed E-state index contributed by atoms with van der Waals surface area (Å²) in [5, 5.41) is 11.6. The van der Waals surface area contributed by atoms with E-state index in [1.807, 2.05) is 0 Å². The van der Waals surface area contributed by atoms with E-state index in [9.17, 15) is 18.0 Å². The molecule has 0 radical (unpaired) electrons. The number of hydrogen-bond acceptors (Lipinski definition) is 4. The third-order valence-corrected chi connectivity index (χ3v) is 5.33. The van der Waals surface area contributed by atoms with Crippen LogP contribution in [0, 0.1) is 11.8 Å². The van der Waals surface area contributed by atoms with Crippen LogP contribution in [0.2, 0.25) is 5.02 Å². The second-order valence-corrected chi connectivity index (χ2v) is 7.84. The van der Waals surface area contributed by atoms with Gasteiger partial charge in [0, 0.05) is 17.9 Å². The number of rotatable bonds is 4. The van der Waals surface area contributed by atoms with Gasteiger partial charge in [-0.3, -0.25) is 9.59 Å². The minimum Gasteiger partial charge on any atom is -0.481 e. The van der Waals surface area contributed by atoms with Crippen molar-refractivity contribution in [3.8, 4) is 0 Å². The third kappa shape index (κ3) is 3.78. The van der Waals surface area contributed by atoms with Crippen molar-refractivity contribution >= 4 is 39.0 Å². The number of carboxylic acid groups (broad SMARTS) is 1. The topological polar surface area (TPSA) is 101 Å². The first kappa shape index (κ1) is 16.8. The standard InChI is InChI=1S/C14H16ClNO5S/c1-22(20,21)12-5-4-10(7-11(12)15)16-13(17)8-2-3-9(6-8)14(18)19/h4-5,7-9H,2-3,6H2,1H3,(H,16,17)(H,18,19)/t8-,9+/m1/s1. The Balaban J connectivity index is 2.07. The monoisotopic (exact) mass is 345 g/mol. The van der Waals surface area contributed by atoms with Crippen molar-refractivity contribution in [3.63, 3.8) is 0 Å². The van der Waals surface area contributed by atoms with Gasteiger partial charge in [-0.1, -0.05) is 11.6 Å². The number of halogens is 1. The quantitative estimate of drug-likeness (QED) is 0.871. The van der Waals surface area contributed by atoms with Crippen molar-refractivity contribution in [3.05, 3.63) is 23.2 Å². The molecule has 1 amide bonds. The van der Waals surface area contributed by atoms with Crippen molar-refractivity contribution < 1.29 is 23.1 Å². The van der Waals surface area contributed by atoms with Crippen molar-refractivity contribution in [2.45, 2.75) is 24.2 Å². The average molecular weight is 346 g/mol. The first-order chi connectivity index (χ1) is 10.2. The van der Waals surface area contributed by atoms with Crippen LogP contribution in [-0.4, -0.2) is 31.7 Å². The lowest BCUT2D eigenvalue weighted by Crippen LogP contribution is -2.21. The molecule has 1 fully saturated rings. The maximum atomic E-state index is 12.1. The van der Waals surface area contributed by atoms with E-state index >= 15 is 0 Å². The number of carbonyl (C=O) groups excluding carboxylic acids is 1. The predicted octanol–water partition coefficient (Wildman–Crippen LogP) is 2.18. The van der Waals surface area contributed by atoms with E-state index in [1.165, 1.54) is 18.2 Å². The molecule has 1 saturated carbocycles. The largest absolute Gasteiger partial charge is 0.481 e. The molecule has 2 atom stereocenters. The summed E-state index contributed by atoms with van der Waals surface area (Å²) in [6.07, 6.45) is 2.38. The van der Waals surface area contributed by atoms with Crippen LogP contribution in [-0.2, 0) is 19.4 Å². The van der Waals surface area contributed by atoms with Gasteiger partial charge in [-0.2, -0.15) is 0 Å². The molecule has 8 heteroatoms. The maximum absolute atomic E-state index is 12.1. The van der Waals surface area contributed by atoms with E-state index in [0.29, 0.717) is 24.9 Å². The van der Waals surface area contributed by atoms with Crippen LogP contribution in [0.5, 0.6) is 0 Å². The second kappa shape index (κ2) is 6.26. The second-order valence-electron chi connectivity index (χ2n) is 5.45. The zero-order chi connectivity index (χ0) is 16.5. The normalized spacial score (nSPS) is 21.5. The third-order valence-electron chi connectivity index (χ3n) is 3.75. The molecular formula is C14H16ClNO5S. The van der Waals surface area contributed by atoms with Gasteiger partial charge in [-0.15, -0.1) is 0 Å². The first-order valence-electron chi connectivity index (χ1n) is 6.71. The van der Waals surface area contributed by atoms with Gasteiger partial charge in [0.1, 0.15) is 0 Å².